The topological polar surface area (TPSA) is 55.6 Å². The monoisotopic (exact) mass is 358 g/mol. The zero-order chi connectivity index (χ0) is 18.2. The number of fused-ring (bicyclic) bond motifs is 2. The summed E-state index contributed by atoms with van der Waals surface area (Å²) in [5, 5.41) is 0. The Balaban J connectivity index is 1.62. The van der Waals surface area contributed by atoms with Crippen molar-refractivity contribution in [2.75, 3.05) is 31.2 Å². The van der Waals surface area contributed by atoms with E-state index in [-0.39, 0.29) is 5.43 Å². The summed E-state index contributed by atoms with van der Waals surface area (Å²) < 4.78 is 11.5. The Labute approximate surface area is 156 Å². The minimum atomic E-state index is -0.0672. The SMILES string of the molecule is O=c1ccc2nc3ccccc3oc-2c1-c1ccc(N2CCOCC2)cc1. The lowest BCUT2D eigenvalue weighted by molar-refractivity contribution is 0.122. The van der Waals surface area contributed by atoms with E-state index in [1.54, 1.807) is 12.1 Å². The molecule has 0 unspecified atom stereocenters. The summed E-state index contributed by atoms with van der Waals surface area (Å²) in [6.07, 6.45) is 0. The molecule has 0 saturated carbocycles. The molecule has 0 bridgehead atoms. The molecule has 3 aliphatic rings. The van der Waals surface area contributed by atoms with Crippen LogP contribution in [0, 0.1) is 0 Å². The largest absolute Gasteiger partial charge is 0.452 e. The third kappa shape index (κ3) is 2.86. The number of hydrogen-bond donors (Lipinski definition) is 0. The Morgan fingerprint density at radius 1 is 0.889 bits per heavy atom. The van der Waals surface area contributed by atoms with E-state index in [4.69, 9.17) is 9.15 Å². The van der Waals surface area contributed by atoms with Gasteiger partial charge < -0.3 is 14.1 Å². The summed E-state index contributed by atoms with van der Waals surface area (Å²) in [6, 6.07) is 18.9. The van der Waals surface area contributed by atoms with Crippen LogP contribution in [0.15, 0.2) is 69.9 Å². The minimum Gasteiger partial charge on any atom is -0.452 e. The number of nitrogens with zero attached hydrogens (tertiary/aromatic N) is 2. The maximum absolute atomic E-state index is 12.6. The molecule has 1 fully saturated rings. The summed E-state index contributed by atoms with van der Waals surface area (Å²) in [6.45, 7) is 3.25. The average Bonchev–Trinajstić information content (AvgIpc) is 2.73. The van der Waals surface area contributed by atoms with Crippen molar-refractivity contribution >= 4 is 16.8 Å². The van der Waals surface area contributed by atoms with E-state index in [1.165, 1.54) is 0 Å². The first-order chi connectivity index (χ1) is 13.3. The van der Waals surface area contributed by atoms with Gasteiger partial charge in [-0.15, -0.1) is 0 Å². The van der Waals surface area contributed by atoms with Crippen LogP contribution >= 0.6 is 0 Å². The van der Waals surface area contributed by atoms with Gasteiger partial charge >= 0.3 is 0 Å². The van der Waals surface area contributed by atoms with E-state index in [2.05, 4.69) is 9.88 Å². The number of aromatic nitrogens is 1. The second kappa shape index (κ2) is 6.52. The quantitative estimate of drug-likeness (QED) is 0.510. The molecular formula is C22H18N2O3. The molecule has 1 saturated heterocycles. The van der Waals surface area contributed by atoms with Gasteiger partial charge in [0.15, 0.2) is 16.8 Å². The van der Waals surface area contributed by atoms with Crippen LogP contribution in [-0.4, -0.2) is 31.3 Å². The first-order valence-electron chi connectivity index (χ1n) is 9.05. The van der Waals surface area contributed by atoms with Crippen molar-refractivity contribution in [2.45, 2.75) is 0 Å². The van der Waals surface area contributed by atoms with Gasteiger partial charge in [0.05, 0.1) is 18.8 Å². The number of morpholine rings is 1. The normalized spacial score (nSPS) is 14.7. The second-order valence-electron chi connectivity index (χ2n) is 6.61. The molecular weight excluding hydrogens is 340 g/mol. The molecule has 2 aromatic rings. The maximum atomic E-state index is 12.6. The summed E-state index contributed by atoms with van der Waals surface area (Å²) in [5.41, 5.74) is 4.58. The van der Waals surface area contributed by atoms with Crippen LogP contribution in [0.25, 0.3) is 33.7 Å². The lowest BCUT2D eigenvalue weighted by atomic mass is 10.00. The first kappa shape index (κ1) is 16.0. The third-order valence-corrected chi connectivity index (χ3v) is 4.95. The highest BCUT2D eigenvalue weighted by Gasteiger charge is 2.19. The fourth-order valence-electron chi connectivity index (χ4n) is 3.55. The maximum Gasteiger partial charge on any atom is 0.190 e. The van der Waals surface area contributed by atoms with Crippen molar-refractivity contribution in [1.29, 1.82) is 0 Å². The minimum absolute atomic E-state index is 0.0672. The van der Waals surface area contributed by atoms with Crippen molar-refractivity contribution in [3.63, 3.8) is 0 Å². The van der Waals surface area contributed by atoms with Crippen LogP contribution in [0.1, 0.15) is 0 Å². The fourth-order valence-corrected chi connectivity index (χ4v) is 3.55. The molecule has 0 spiro atoms. The number of anilines is 1. The Morgan fingerprint density at radius 3 is 2.48 bits per heavy atom. The summed E-state index contributed by atoms with van der Waals surface area (Å²) in [5.74, 6) is 0.528. The van der Waals surface area contributed by atoms with Crippen LogP contribution < -0.4 is 10.3 Å². The third-order valence-electron chi connectivity index (χ3n) is 4.95. The number of rotatable bonds is 2. The van der Waals surface area contributed by atoms with E-state index in [0.29, 0.717) is 22.6 Å². The van der Waals surface area contributed by atoms with Gasteiger partial charge in [-0.2, -0.15) is 0 Å². The Kier molecular flexibility index (Phi) is 3.87. The van der Waals surface area contributed by atoms with E-state index in [9.17, 15) is 4.79 Å². The molecule has 0 N–H and O–H groups in total. The zero-order valence-corrected chi connectivity index (χ0v) is 14.7. The van der Waals surface area contributed by atoms with E-state index < -0.39 is 0 Å². The highest BCUT2D eigenvalue weighted by Crippen LogP contribution is 2.33. The van der Waals surface area contributed by atoms with Gasteiger partial charge in [0.25, 0.3) is 0 Å². The van der Waals surface area contributed by atoms with Crippen LogP contribution in [-0.2, 0) is 4.74 Å². The van der Waals surface area contributed by atoms with Gasteiger partial charge in [-0.05, 0) is 42.0 Å². The zero-order valence-electron chi connectivity index (χ0n) is 14.7. The van der Waals surface area contributed by atoms with E-state index in [1.807, 2.05) is 48.5 Å². The molecule has 2 heterocycles. The lowest BCUT2D eigenvalue weighted by Crippen LogP contribution is -2.36. The van der Waals surface area contributed by atoms with Crippen molar-refractivity contribution in [1.82, 2.24) is 4.98 Å². The molecule has 5 nitrogen and oxygen atoms in total. The van der Waals surface area contributed by atoms with Crippen molar-refractivity contribution in [2.24, 2.45) is 0 Å². The molecule has 0 radical (unpaired) electrons. The Morgan fingerprint density at radius 2 is 1.67 bits per heavy atom. The second-order valence-corrected chi connectivity index (χ2v) is 6.61. The van der Waals surface area contributed by atoms with E-state index >= 15 is 0 Å². The molecule has 5 rings (SSSR count). The van der Waals surface area contributed by atoms with Crippen LogP contribution in [0.3, 0.4) is 0 Å². The molecule has 2 aliphatic heterocycles. The number of ether oxygens (including phenoxy) is 1. The Bertz CT molecular complexity index is 1130. The van der Waals surface area contributed by atoms with Crippen molar-refractivity contribution in [3.8, 4) is 22.6 Å². The summed E-state index contributed by atoms with van der Waals surface area (Å²) in [4.78, 5) is 19.6. The van der Waals surface area contributed by atoms with Crippen LogP contribution in [0.5, 0.6) is 0 Å². The van der Waals surface area contributed by atoms with E-state index in [0.717, 1.165) is 43.1 Å². The standard InChI is InChI=1S/C22H18N2O3/c25-19-10-9-18-22(27-20-4-2-1-3-17(20)23-18)21(19)15-5-7-16(8-6-15)24-11-13-26-14-12-24/h1-10H,11-14H2. The molecule has 134 valence electrons. The summed E-state index contributed by atoms with van der Waals surface area (Å²) in [7, 11) is 0. The van der Waals surface area contributed by atoms with Gasteiger partial charge in [-0.3, -0.25) is 4.79 Å². The highest BCUT2D eigenvalue weighted by atomic mass is 16.5. The van der Waals surface area contributed by atoms with Gasteiger partial charge in [0.2, 0.25) is 0 Å². The Hall–Kier alpha value is -3.18. The molecule has 5 heteroatoms. The molecule has 27 heavy (non-hydrogen) atoms. The predicted molar refractivity (Wildman–Crippen MR) is 105 cm³/mol. The molecule has 0 aromatic heterocycles. The fraction of sp³-hybridized carbons (Fsp3) is 0.182. The molecule has 1 aliphatic carbocycles. The first-order valence-corrected chi connectivity index (χ1v) is 9.05. The summed E-state index contributed by atoms with van der Waals surface area (Å²) >= 11 is 0. The number of para-hydroxylation sites is 2. The van der Waals surface area contributed by atoms with Gasteiger partial charge in [-0.1, -0.05) is 24.3 Å². The van der Waals surface area contributed by atoms with Gasteiger partial charge in [0.1, 0.15) is 11.2 Å². The molecule has 0 atom stereocenters. The van der Waals surface area contributed by atoms with Crippen molar-refractivity contribution < 1.29 is 9.15 Å². The van der Waals surface area contributed by atoms with Gasteiger partial charge in [0, 0.05) is 18.8 Å². The molecule has 0 amide bonds. The van der Waals surface area contributed by atoms with Crippen LogP contribution in [0.4, 0.5) is 5.69 Å². The number of hydrogen-bond acceptors (Lipinski definition) is 5. The molecule has 2 aromatic carbocycles. The average molecular weight is 358 g/mol. The predicted octanol–water partition coefficient (Wildman–Crippen LogP) is 3.80. The number of benzene rings is 3. The van der Waals surface area contributed by atoms with Gasteiger partial charge in [-0.25, -0.2) is 4.98 Å². The highest BCUT2D eigenvalue weighted by molar-refractivity contribution is 5.84. The lowest BCUT2D eigenvalue weighted by Gasteiger charge is -2.28. The van der Waals surface area contributed by atoms with Crippen molar-refractivity contribution in [3.05, 3.63) is 70.9 Å². The smallest absolute Gasteiger partial charge is 0.190 e. The van der Waals surface area contributed by atoms with Crippen LogP contribution in [0.2, 0.25) is 0 Å².